The molecular formula is C26H27F4N5OS. The number of halogens is 4. The van der Waals surface area contributed by atoms with Crippen LogP contribution in [0.25, 0.3) is 0 Å². The van der Waals surface area contributed by atoms with E-state index in [1.807, 2.05) is 0 Å². The van der Waals surface area contributed by atoms with Crippen molar-refractivity contribution in [2.75, 3.05) is 42.6 Å². The van der Waals surface area contributed by atoms with E-state index in [9.17, 15) is 13.2 Å². The molecule has 0 amide bonds. The molecule has 0 radical (unpaired) electrons. The van der Waals surface area contributed by atoms with Crippen molar-refractivity contribution in [2.24, 2.45) is 0 Å². The average molecular weight is 534 g/mol. The molecule has 2 aromatic rings. The van der Waals surface area contributed by atoms with Crippen molar-refractivity contribution in [3.63, 3.8) is 0 Å². The molecule has 3 fully saturated rings. The van der Waals surface area contributed by atoms with Crippen LogP contribution in [-0.2, 0) is 6.18 Å². The van der Waals surface area contributed by atoms with Gasteiger partial charge in [-0.1, -0.05) is 6.42 Å². The quantitative estimate of drug-likeness (QED) is 0.359. The minimum absolute atomic E-state index is 0.128. The van der Waals surface area contributed by atoms with Crippen molar-refractivity contribution in [1.29, 1.82) is 5.26 Å². The SMILES string of the molecule is N#Cc1ncc(N2CC3(CCC3)N(c3ccc(OCCN4CCCCC4)cc3F)C2=S)cc1C(F)(F)F. The van der Waals surface area contributed by atoms with E-state index in [1.54, 1.807) is 21.9 Å². The number of pyridine rings is 1. The average Bonchev–Trinajstić information content (AvgIpc) is 3.17. The zero-order valence-electron chi connectivity index (χ0n) is 20.2. The highest BCUT2D eigenvalue weighted by Gasteiger charge is 2.53. The molecule has 6 nitrogen and oxygen atoms in total. The number of hydrogen-bond acceptors (Lipinski definition) is 5. The number of benzene rings is 1. The molecule has 1 aromatic carbocycles. The molecule has 0 N–H and O–H groups in total. The molecule has 1 saturated carbocycles. The van der Waals surface area contributed by atoms with Gasteiger partial charge in [0, 0.05) is 19.2 Å². The number of nitrogens with zero attached hydrogens (tertiary/aromatic N) is 5. The molecule has 3 aliphatic rings. The van der Waals surface area contributed by atoms with Crippen molar-refractivity contribution in [2.45, 2.75) is 50.2 Å². The van der Waals surface area contributed by atoms with Crippen LogP contribution in [0.15, 0.2) is 30.5 Å². The zero-order valence-corrected chi connectivity index (χ0v) is 21.0. The van der Waals surface area contributed by atoms with Crippen molar-refractivity contribution in [3.8, 4) is 11.8 Å². The second-order valence-corrected chi connectivity index (χ2v) is 10.2. The lowest BCUT2D eigenvalue weighted by Gasteiger charge is -2.45. The number of rotatable bonds is 6. The Hall–Kier alpha value is -2.97. The van der Waals surface area contributed by atoms with Crippen LogP contribution in [0.3, 0.4) is 0 Å². The van der Waals surface area contributed by atoms with Crippen molar-refractivity contribution < 1.29 is 22.3 Å². The zero-order chi connectivity index (χ0) is 26.2. The number of piperidine rings is 1. The van der Waals surface area contributed by atoms with Gasteiger partial charge in [-0.05, 0) is 75.6 Å². The van der Waals surface area contributed by atoms with Crippen LogP contribution in [0, 0.1) is 17.1 Å². The largest absolute Gasteiger partial charge is 0.492 e. The summed E-state index contributed by atoms with van der Waals surface area (Å²) in [5.74, 6) is -0.0751. The van der Waals surface area contributed by atoms with Crippen LogP contribution in [0.4, 0.5) is 28.9 Å². The molecule has 5 rings (SSSR count). The predicted octanol–water partition coefficient (Wildman–Crippen LogP) is 5.51. The second-order valence-electron chi connectivity index (χ2n) is 9.85. The van der Waals surface area contributed by atoms with Crippen LogP contribution < -0.4 is 14.5 Å². The predicted molar refractivity (Wildman–Crippen MR) is 135 cm³/mol. The Morgan fingerprint density at radius 2 is 1.86 bits per heavy atom. The van der Waals surface area contributed by atoms with Gasteiger partial charge in [0.15, 0.2) is 16.6 Å². The summed E-state index contributed by atoms with van der Waals surface area (Å²) in [7, 11) is 0. The third kappa shape index (κ3) is 4.97. The van der Waals surface area contributed by atoms with Crippen LogP contribution in [0.5, 0.6) is 5.75 Å². The Balaban J connectivity index is 1.36. The second kappa shape index (κ2) is 10.1. The van der Waals surface area contributed by atoms with Crippen molar-refractivity contribution in [3.05, 3.63) is 47.5 Å². The standard InChI is InChI=1S/C26H27F4N5OS/c27-21-14-19(36-12-11-33-9-2-1-3-10-33)5-6-23(21)35-24(37)34(17-25(35)7-4-8-25)18-13-20(26(28,29)30)22(15-31)32-16-18/h5-6,13-14,16H,1-4,7-12,17H2. The van der Waals surface area contributed by atoms with Gasteiger partial charge in [0.2, 0.25) is 0 Å². The summed E-state index contributed by atoms with van der Waals surface area (Å²) in [5.41, 5.74) is -1.93. The first-order valence-corrected chi connectivity index (χ1v) is 12.9. The summed E-state index contributed by atoms with van der Waals surface area (Å²) in [6.45, 7) is 3.67. The maximum atomic E-state index is 15.4. The molecule has 0 unspecified atom stereocenters. The number of anilines is 2. The normalized spacial score (nSPS) is 19.7. The number of ether oxygens (including phenoxy) is 1. The molecule has 2 saturated heterocycles. The van der Waals surface area contributed by atoms with E-state index in [-0.39, 0.29) is 16.5 Å². The third-order valence-electron chi connectivity index (χ3n) is 7.51. The highest BCUT2D eigenvalue weighted by Crippen LogP contribution is 2.48. The number of likely N-dealkylation sites (tertiary alicyclic amines) is 1. The minimum Gasteiger partial charge on any atom is -0.492 e. The van der Waals surface area contributed by atoms with Gasteiger partial charge >= 0.3 is 6.18 Å². The molecule has 3 heterocycles. The monoisotopic (exact) mass is 533 g/mol. The van der Waals surface area contributed by atoms with E-state index in [1.165, 1.54) is 37.6 Å². The molecule has 0 atom stereocenters. The van der Waals surface area contributed by atoms with Crippen LogP contribution >= 0.6 is 12.2 Å². The summed E-state index contributed by atoms with van der Waals surface area (Å²) in [6, 6.07) is 7.06. The highest BCUT2D eigenvalue weighted by molar-refractivity contribution is 7.80. The van der Waals surface area contributed by atoms with Gasteiger partial charge in [0.1, 0.15) is 18.4 Å². The molecule has 11 heteroatoms. The summed E-state index contributed by atoms with van der Waals surface area (Å²) < 4.78 is 61.8. The molecular weight excluding hydrogens is 506 g/mol. The van der Waals surface area contributed by atoms with Crippen LogP contribution in [-0.4, -0.2) is 53.3 Å². The lowest BCUT2D eigenvalue weighted by molar-refractivity contribution is -0.138. The first-order chi connectivity index (χ1) is 17.7. The van der Waals surface area contributed by atoms with Gasteiger partial charge in [-0.15, -0.1) is 0 Å². The van der Waals surface area contributed by atoms with Gasteiger partial charge in [-0.2, -0.15) is 18.4 Å². The maximum Gasteiger partial charge on any atom is 0.419 e. The molecule has 1 spiro atoms. The topological polar surface area (TPSA) is 55.6 Å². The smallest absolute Gasteiger partial charge is 0.419 e. The Kier molecular flexibility index (Phi) is 6.98. The van der Waals surface area contributed by atoms with E-state index in [4.69, 9.17) is 22.2 Å². The fraction of sp³-hybridized carbons (Fsp3) is 0.500. The van der Waals surface area contributed by atoms with E-state index < -0.39 is 28.8 Å². The highest BCUT2D eigenvalue weighted by atomic mass is 32.1. The van der Waals surface area contributed by atoms with Gasteiger partial charge in [0.25, 0.3) is 0 Å². The number of hydrogen-bond donors (Lipinski definition) is 0. The van der Waals surface area contributed by atoms with Crippen LogP contribution in [0.2, 0.25) is 0 Å². The fourth-order valence-corrected chi connectivity index (χ4v) is 5.89. The van der Waals surface area contributed by atoms with Gasteiger partial charge < -0.3 is 14.5 Å². The molecule has 196 valence electrons. The summed E-state index contributed by atoms with van der Waals surface area (Å²) in [4.78, 5) is 9.35. The summed E-state index contributed by atoms with van der Waals surface area (Å²) >= 11 is 5.68. The van der Waals surface area contributed by atoms with E-state index in [0.29, 0.717) is 18.9 Å². The van der Waals surface area contributed by atoms with E-state index >= 15 is 4.39 Å². The van der Waals surface area contributed by atoms with Crippen LogP contribution in [0.1, 0.15) is 49.8 Å². The number of alkyl halides is 3. The lowest BCUT2D eigenvalue weighted by atomic mass is 9.76. The Bertz CT molecular complexity index is 1220. The van der Waals surface area contributed by atoms with Gasteiger partial charge in [-0.25, -0.2) is 9.37 Å². The fourth-order valence-electron chi connectivity index (χ4n) is 5.42. The number of nitriles is 1. The molecule has 2 aliphatic heterocycles. The van der Waals surface area contributed by atoms with Crippen molar-refractivity contribution >= 4 is 28.7 Å². The van der Waals surface area contributed by atoms with E-state index in [2.05, 4.69) is 9.88 Å². The Morgan fingerprint density at radius 3 is 2.49 bits per heavy atom. The third-order valence-corrected chi connectivity index (χ3v) is 7.92. The van der Waals surface area contributed by atoms with Gasteiger partial charge in [0.05, 0.1) is 28.7 Å². The summed E-state index contributed by atoms with van der Waals surface area (Å²) in [5, 5.41) is 9.28. The number of aromatic nitrogens is 1. The minimum atomic E-state index is -4.74. The Morgan fingerprint density at radius 1 is 1.11 bits per heavy atom. The summed E-state index contributed by atoms with van der Waals surface area (Å²) in [6.07, 6.45) is 2.48. The number of thiocarbonyl (C=S) groups is 1. The Labute approximate surface area is 218 Å². The lowest BCUT2D eigenvalue weighted by Crippen LogP contribution is -2.53. The van der Waals surface area contributed by atoms with Gasteiger partial charge in [-0.3, -0.25) is 4.90 Å². The first kappa shape index (κ1) is 25.7. The molecule has 1 aromatic heterocycles. The van der Waals surface area contributed by atoms with E-state index in [0.717, 1.165) is 45.0 Å². The molecule has 1 aliphatic carbocycles. The first-order valence-electron chi connectivity index (χ1n) is 12.5. The molecule has 37 heavy (non-hydrogen) atoms. The molecule has 0 bridgehead atoms. The maximum absolute atomic E-state index is 15.4. The van der Waals surface area contributed by atoms with Crippen molar-refractivity contribution in [1.82, 2.24) is 9.88 Å².